The van der Waals surface area contributed by atoms with Crippen LogP contribution in [0.4, 0.5) is 0 Å². The minimum Gasteiger partial charge on any atom is -0.276 e. The number of benzene rings is 1. The number of hydrogen-bond donors (Lipinski definition) is 0. The molecule has 6 nitrogen and oxygen atoms in total. The minimum atomic E-state index is 0.0582. The second-order valence-electron chi connectivity index (χ2n) is 4.98. The zero-order valence-corrected chi connectivity index (χ0v) is 10.5. The third-order valence-electron chi connectivity index (χ3n) is 3.75. The fraction of sp³-hybridized carbons (Fsp3) is 0.308. The van der Waals surface area contributed by atoms with E-state index in [0.29, 0.717) is 13.1 Å². The molecule has 0 bridgehead atoms. The quantitative estimate of drug-likeness (QED) is 0.602. The number of aromatic nitrogens is 5. The van der Waals surface area contributed by atoms with Crippen molar-refractivity contribution in [2.24, 2.45) is 0 Å². The van der Waals surface area contributed by atoms with E-state index in [1.165, 1.54) is 0 Å². The maximum Gasteiger partial charge on any atom is 0.274 e. The monoisotopic (exact) mass is 255 g/mol. The van der Waals surface area contributed by atoms with E-state index in [-0.39, 0.29) is 11.6 Å². The highest BCUT2D eigenvalue weighted by Crippen LogP contribution is 2.20. The fourth-order valence-corrected chi connectivity index (χ4v) is 2.86. The predicted octanol–water partition coefficient (Wildman–Crippen LogP) is 1.02. The summed E-state index contributed by atoms with van der Waals surface area (Å²) in [5.41, 5.74) is 2.06. The molecule has 1 aliphatic rings. The van der Waals surface area contributed by atoms with Crippen LogP contribution in [0.25, 0.3) is 10.9 Å². The first-order valence-corrected chi connectivity index (χ1v) is 6.33. The van der Waals surface area contributed by atoms with Gasteiger partial charge in [-0.2, -0.15) is 0 Å². The maximum atomic E-state index is 12.5. The molecule has 0 spiro atoms. The molecule has 96 valence electrons. The average molecular weight is 255 g/mol. The molecule has 0 saturated carbocycles. The van der Waals surface area contributed by atoms with Crippen LogP contribution in [0.2, 0.25) is 0 Å². The van der Waals surface area contributed by atoms with Crippen LogP contribution in [-0.2, 0) is 13.1 Å². The van der Waals surface area contributed by atoms with Gasteiger partial charge < -0.3 is 0 Å². The summed E-state index contributed by atoms with van der Waals surface area (Å²) in [6, 6.07) is 7.79. The molecule has 0 saturated heterocycles. The lowest BCUT2D eigenvalue weighted by Gasteiger charge is -2.13. The third kappa shape index (κ3) is 1.34. The smallest absolute Gasteiger partial charge is 0.274 e. The third-order valence-corrected chi connectivity index (χ3v) is 3.75. The van der Waals surface area contributed by atoms with Gasteiger partial charge in [0.1, 0.15) is 0 Å². The molecule has 0 fully saturated rings. The average Bonchev–Trinajstić information content (AvgIpc) is 2.91. The molecule has 3 aromatic rings. The molecule has 19 heavy (non-hydrogen) atoms. The molecule has 0 aliphatic carbocycles. The van der Waals surface area contributed by atoms with Crippen molar-refractivity contribution in [1.29, 1.82) is 0 Å². The Morgan fingerprint density at radius 3 is 3.05 bits per heavy atom. The van der Waals surface area contributed by atoms with Gasteiger partial charge in [0.05, 0.1) is 41.9 Å². The van der Waals surface area contributed by atoms with E-state index in [1.54, 1.807) is 6.20 Å². The van der Waals surface area contributed by atoms with Crippen LogP contribution in [0, 0.1) is 0 Å². The van der Waals surface area contributed by atoms with Gasteiger partial charge in [-0.1, -0.05) is 17.3 Å². The summed E-state index contributed by atoms with van der Waals surface area (Å²) >= 11 is 0. The Bertz CT molecular complexity index is 825. The Balaban J connectivity index is 2.08. The number of hydrogen-bond acceptors (Lipinski definition) is 3. The molecule has 4 rings (SSSR count). The van der Waals surface area contributed by atoms with Crippen molar-refractivity contribution in [3.05, 3.63) is 46.5 Å². The molecule has 0 amide bonds. The Labute approximate surface area is 108 Å². The van der Waals surface area contributed by atoms with Crippen LogP contribution in [0.1, 0.15) is 18.7 Å². The molecular formula is C13H13N5O. The predicted molar refractivity (Wildman–Crippen MR) is 70.0 cm³/mol. The standard InChI is InChI=1S/C13H13N5O/c1-9-7-16-10(6-14-15-16)8-17-12-5-3-2-4-11(12)13(19)18(9)17/h2-6,9H,7-8H2,1H3/t9-/m0/s1. The van der Waals surface area contributed by atoms with Gasteiger partial charge in [-0.15, -0.1) is 5.10 Å². The van der Waals surface area contributed by atoms with Crippen molar-refractivity contribution >= 4 is 10.9 Å². The maximum absolute atomic E-state index is 12.5. The lowest BCUT2D eigenvalue weighted by atomic mass is 10.2. The van der Waals surface area contributed by atoms with Crippen LogP contribution in [-0.4, -0.2) is 24.4 Å². The van der Waals surface area contributed by atoms with Gasteiger partial charge in [0.15, 0.2) is 0 Å². The number of rotatable bonds is 0. The van der Waals surface area contributed by atoms with Crippen molar-refractivity contribution in [1.82, 2.24) is 24.4 Å². The van der Waals surface area contributed by atoms with E-state index < -0.39 is 0 Å². The Hall–Kier alpha value is -2.37. The number of nitrogens with zero attached hydrogens (tertiary/aromatic N) is 5. The number of para-hydroxylation sites is 1. The summed E-state index contributed by atoms with van der Waals surface area (Å²) in [6.07, 6.45) is 1.77. The van der Waals surface area contributed by atoms with Crippen LogP contribution < -0.4 is 5.56 Å². The van der Waals surface area contributed by atoms with E-state index in [2.05, 4.69) is 10.3 Å². The molecule has 0 radical (unpaired) electrons. The minimum absolute atomic E-state index is 0.0582. The van der Waals surface area contributed by atoms with E-state index in [0.717, 1.165) is 16.6 Å². The molecule has 1 aromatic carbocycles. The van der Waals surface area contributed by atoms with Crippen molar-refractivity contribution < 1.29 is 0 Å². The summed E-state index contributed by atoms with van der Waals surface area (Å²) in [4.78, 5) is 12.5. The normalized spacial score (nSPS) is 18.1. The second kappa shape index (κ2) is 3.57. The Kier molecular flexibility index (Phi) is 1.98. The summed E-state index contributed by atoms with van der Waals surface area (Å²) < 4.78 is 5.74. The summed E-state index contributed by atoms with van der Waals surface area (Å²) in [7, 11) is 0. The largest absolute Gasteiger partial charge is 0.276 e. The topological polar surface area (TPSA) is 57.6 Å². The molecule has 0 unspecified atom stereocenters. The molecule has 1 aliphatic heterocycles. The zero-order chi connectivity index (χ0) is 13.0. The van der Waals surface area contributed by atoms with Crippen molar-refractivity contribution in [3.8, 4) is 0 Å². The first kappa shape index (κ1) is 10.5. The zero-order valence-electron chi connectivity index (χ0n) is 10.5. The molecule has 2 aromatic heterocycles. The molecule has 3 heterocycles. The highest BCUT2D eigenvalue weighted by Gasteiger charge is 2.23. The SMILES string of the molecule is C[C@H]1Cn2nncc2Cn2c3ccccc3c(=O)n21. The molecule has 0 N–H and O–H groups in total. The van der Waals surface area contributed by atoms with Crippen molar-refractivity contribution in [2.75, 3.05) is 0 Å². The van der Waals surface area contributed by atoms with Gasteiger partial charge in [-0.25, -0.2) is 9.36 Å². The highest BCUT2D eigenvalue weighted by molar-refractivity contribution is 5.78. The van der Waals surface area contributed by atoms with Gasteiger partial charge in [-0.3, -0.25) is 9.48 Å². The van der Waals surface area contributed by atoms with Crippen LogP contribution in [0.15, 0.2) is 35.3 Å². The lowest BCUT2D eigenvalue weighted by molar-refractivity contribution is 0.377. The Morgan fingerprint density at radius 2 is 2.16 bits per heavy atom. The van der Waals surface area contributed by atoms with Crippen LogP contribution >= 0.6 is 0 Å². The van der Waals surface area contributed by atoms with Crippen LogP contribution in [0.3, 0.4) is 0 Å². The van der Waals surface area contributed by atoms with Gasteiger partial charge in [-0.05, 0) is 19.1 Å². The van der Waals surface area contributed by atoms with Crippen molar-refractivity contribution in [2.45, 2.75) is 26.1 Å². The summed E-state index contributed by atoms with van der Waals surface area (Å²) in [5.74, 6) is 0. The second-order valence-corrected chi connectivity index (χ2v) is 4.98. The summed E-state index contributed by atoms with van der Waals surface area (Å²) in [6.45, 7) is 3.33. The lowest BCUT2D eigenvalue weighted by Crippen LogP contribution is -2.26. The first-order valence-electron chi connectivity index (χ1n) is 6.33. The molecule has 1 atom stereocenters. The van der Waals surface area contributed by atoms with E-state index in [1.807, 2.05) is 45.2 Å². The van der Waals surface area contributed by atoms with Crippen molar-refractivity contribution in [3.63, 3.8) is 0 Å². The van der Waals surface area contributed by atoms with Crippen LogP contribution in [0.5, 0.6) is 0 Å². The van der Waals surface area contributed by atoms with Gasteiger partial charge in [0.25, 0.3) is 5.56 Å². The van der Waals surface area contributed by atoms with E-state index >= 15 is 0 Å². The fourth-order valence-electron chi connectivity index (χ4n) is 2.86. The van der Waals surface area contributed by atoms with E-state index in [4.69, 9.17) is 0 Å². The van der Waals surface area contributed by atoms with E-state index in [9.17, 15) is 4.79 Å². The van der Waals surface area contributed by atoms with Gasteiger partial charge >= 0.3 is 0 Å². The molecule has 6 heteroatoms. The Morgan fingerprint density at radius 1 is 1.32 bits per heavy atom. The van der Waals surface area contributed by atoms with Gasteiger partial charge in [0, 0.05) is 0 Å². The van der Waals surface area contributed by atoms with Gasteiger partial charge in [0.2, 0.25) is 0 Å². The molecular weight excluding hydrogens is 242 g/mol. The highest BCUT2D eigenvalue weighted by atomic mass is 16.1. The summed E-state index contributed by atoms with van der Waals surface area (Å²) in [5, 5.41) is 8.80. The first-order chi connectivity index (χ1) is 9.25. The number of fused-ring (bicyclic) bond motifs is 4.